The van der Waals surface area contributed by atoms with E-state index in [-0.39, 0.29) is 5.69 Å². The van der Waals surface area contributed by atoms with E-state index < -0.39 is 12.0 Å². The van der Waals surface area contributed by atoms with Gasteiger partial charge < -0.3 is 10.6 Å². The maximum Gasteiger partial charge on any atom is 0.448 e. The van der Waals surface area contributed by atoms with Crippen LogP contribution in [0.3, 0.4) is 0 Å². The molecule has 0 heterocycles. The van der Waals surface area contributed by atoms with E-state index in [2.05, 4.69) is 22.0 Å². The van der Waals surface area contributed by atoms with Crippen LogP contribution in [0.25, 0.3) is 0 Å². The third-order valence-electron chi connectivity index (χ3n) is 3.55. The first-order valence-electron chi connectivity index (χ1n) is 7.57. The molecule has 2 rings (SSSR count). The van der Waals surface area contributed by atoms with Gasteiger partial charge in [-0.15, -0.1) is 0 Å². The monoisotopic (exact) mass is 335 g/mol. The topological polar surface area (TPSA) is 41.6 Å². The highest BCUT2D eigenvalue weighted by Gasteiger charge is 2.33. The summed E-state index contributed by atoms with van der Waals surface area (Å²) in [6.45, 7) is 1.70. The van der Waals surface area contributed by atoms with Crippen molar-refractivity contribution in [3.05, 3.63) is 65.7 Å². The third kappa shape index (κ3) is 5.70. The minimum Gasteiger partial charge on any atom is -0.380 e. The van der Waals surface area contributed by atoms with Crippen LogP contribution in [0.5, 0.6) is 0 Å². The van der Waals surface area contributed by atoms with Crippen LogP contribution in [-0.4, -0.2) is 30.5 Å². The molecule has 0 aromatic heterocycles. The van der Waals surface area contributed by atoms with Crippen LogP contribution in [0.4, 0.5) is 18.9 Å². The van der Waals surface area contributed by atoms with Crippen LogP contribution in [0.15, 0.2) is 59.6 Å². The molecule has 128 valence electrons. The number of likely N-dealkylation sites (N-methyl/N-ethyl adjacent to an activating group) is 1. The Bertz CT molecular complexity index is 664. The quantitative estimate of drug-likeness (QED) is 0.642. The van der Waals surface area contributed by atoms with Gasteiger partial charge in [-0.25, -0.2) is 4.99 Å². The zero-order valence-electron chi connectivity index (χ0n) is 13.4. The molecule has 6 heteroatoms. The highest BCUT2D eigenvalue weighted by atomic mass is 19.4. The molecule has 0 radical (unpaired) electrons. The summed E-state index contributed by atoms with van der Waals surface area (Å²) >= 11 is 0. The number of amidine groups is 1. The van der Waals surface area contributed by atoms with Crippen molar-refractivity contribution in [1.29, 1.82) is 0 Å². The van der Waals surface area contributed by atoms with E-state index in [1.54, 1.807) is 24.3 Å². The lowest BCUT2D eigenvalue weighted by Crippen LogP contribution is -2.30. The fourth-order valence-electron chi connectivity index (χ4n) is 2.23. The second-order valence-corrected chi connectivity index (χ2v) is 5.63. The third-order valence-corrected chi connectivity index (χ3v) is 3.55. The standard InChI is InChI=1S/C18H20F3N3/c1-24(13-15-5-3-2-4-6-15)12-11-14-7-9-16(10-8-14)23-17(22)18(19,20)21/h2-10H,11-13H2,1H3,(H2,22,23). The molecule has 0 bridgehead atoms. The van der Waals surface area contributed by atoms with Crippen molar-refractivity contribution >= 4 is 11.5 Å². The molecule has 0 saturated carbocycles. The van der Waals surface area contributed by atoms with Crippen molar-refractivity contribution < 1.29 is 13.2 Å². The average Bonchev–Trinajstić information content (AvgIpc) is 2.54. The van der Waals surface area contributed by atoms with E-state index in [9.17, 15) is 13.2 Å². The molecule has 2 N–H and O–H groups in total. The van der Waals surface area contributed by atoms with Gasteiger partial charge >= 0.3 is 6.18 Å². The Kier molecular flexibility index (Phi) is 5.98. The summed E-state index contributed by atoms with van der Waals surface area (Å²) in [7, 11) is 2.04. The van der Waals surface area contributed by atoms with Gasteiger partial charge in [-0.2, -0.15) is 13.2 Å². The predicted octanol–water partition coefficient (Wildman–Crippen LogP) is 3.91. The minimum absolute atomic E-state index is 0.200. The maximum atomic E-state index is 12.3. The van der Waals surface area contributed by atoms with E-state index in [1.807, 2.05) is 25.2 Å². The van der Waals surface area contributed by atoms with E-state index in [0.29, 0.717) is 0 Å². The summed E-state index contributed by atoms with van der Waals surface area (Å²) in [5.74, 6) is -1.34. The zero-order chi connectivity index (χ0) is 17.6. The van der Waals surface area contributed by atoms with E-state index in [4.69, 9.17) is 5.73 Å². The highest BCUT2D eigenvalue weighted by molar-refractivity contribution is 5.88. The van der Waals surface area contributed by atoms with Crippen LogP contribution in [-0.2, 0) is 13.0 Å². The van der Waals surface area contributed by atoms with E-state index in [1.165, 1.54) is 5.56 Å². The predicted molar refractivity (Wildman–Crippen MR) is 90.3 cm³/mol. The number of alkyl halides is 3. The van der Waals surface area contributed by atoms with Crippen molar-refractivity contribution in [1.82, 2.24) is 4.90 Å². The number of benzene rings is 2. The number of aliphatic imine (C=N–C) groups is 1. The van der Waals surface area contributed by atoms with Gasteiger partial charge in [-0.1, -0.05) is 42.5 Å². The smallest absolute Gasteiger partial charge is 0.380 e. The summed E-state index contributed by atoms with van der Waals surface area (Å²) in [6.07, 6.45) is -3.79. The van der Waals surface area contributed by atoms with Gasteiger partial charge in [-0.3, -0.25) is 0 Å². The van der Waals surface area contributed by atoms with Gasteiger partial charge in [0, 0.05) is 13.1 Å². The van der Waals surface area contributed by atoms with Gasteiger partial charge in [0.2, 0.25) is 5.84 Å². The molecular weight excluding hydrogens is 315 g/mol. The molecule has 24 heavy (non-hydrogen) atoms. The summed E-state index contributed by atoms with van der Waals surface area (Å²) in [4.78, 5) is 5.58. The number of hydrogen-bond donors (Lipinski definition) is 1. The van der Waals surface area contributed by atoms with Crippen molar-refractivity contribution in [2.75, 3.05) is 13.6 Å². The highest BCUT2D eigenvalue weighted by Crippen LogP contribution is 2.20. The summed E-state index contributed by atoms with van der Waals surface area (Å²) in [6, 6.07) is 16.8. The second kappa shape index (κ2) is 7.97. The molecule has 0 atom stereocenters. The molecule has 0 aliphatic heterocycles. The van der Waals surface area contributed by atoms with Gasteiger partial charge in [0.1, 0.15) is 0 Å². The number of nitrogens with zero attached hydrogens (tertiary/aromatic N) is 2. The Hall–Kier alpha value is -2.34. The van der Waals surface area contributed by atoms with Gasteiger partial charge in [0.05, 0.1) is 5.69 Å². The summed E-state index contributed by atoms with van der Waals surface area (Å²) in [5.41, 5.74) is 7.40. The Morgan fingerprint density at radius 2 is 1.62 bits per heavy atom. The minimum atomic E-state index is -4.60. The lowest BCUT2D eigenvalue weighted by molar-refractivity contribution is -0.0597. The molecule has 0 aliphatic carbocycles. The van der Waals surface area contributed by atoms with Crippen LogP contribution in [0.1, 0.15) is 11.1 Å². The molecule has 2 aromatic carbocycles. The Morgan fingerprint density at radius 3 is 2.21 bits per heavy atom. The first kappa shape index (κ1) is 18.0. The number of hydrogen-bond acceptors (Lipinski definition) is 2. The lowest BCUT2D eigenvalue weighted by Gasteiger charge is -2.16. The average molecular weight is 335 g/mol. The summed E-state index contributed by atoms with van der Waals surface area (Å²) in [5, 5.41) is 0. The Morgan fingerprint density at radius 1 is 1.00 bits per heavy atom. The maximum absolute atomic E-state index is 12.3. The molecule has 0 fully saturated rings. The normalized spacial score (nSPS) is 12.6. The number of rotatable bonds is 6. The molecule has 2 aromatic rings. The first-order chi connectivity index (χ1) is 11.3. The summed E-state index contributed by atoms with van der Waals surface area (Å²) < 4.78 is 37.0. The van der Waals surface area contributed by atoms with Gasteiger partial charge in [-0.05, 0) is 36.7 Å². The molecule has 3 nitrogen and oxygen atoms in total. The lowest BCUT2D eigenvalue weighted by atomic mass is 10.1. The van der Waals surface area contributed by atoms with E-state index in [0.717, 1.165) is 25.1 Å². The van der Waals surface area contributed by atoms with Crippen molar-refractivity contribution in [2.45, 2.75) is 19.1 Å². The van der Waals surface area contributed by atoms with Gasteiger partial charge in [0.15, 0.2) is 0 Å². The molecule has 0 saturated heterocycles. The van der Waals surface area contributed by atoms with Gasteiger partial charge in [0.25, 0.3) is 0 Å². The molecule has 0 spiro atoms. The molecule has 0 aliphatic rings. The molecular formula is C18H20F3N3. The number of halogens is 3. The fraction of sp³-hybridized carbons (Fsp3) is 0.278. The first-order valence-corrected chi connectivity index (χ1v) is 7.57. The Labute approximate surface area is 139 Å². The largest absolute Gasteiger partial charge is 0.448 e. The van der Waals surface area contributed by atoms with Crippen LogP contribution >= 0.6 is 0 Å². The van der Waals surface area contributed by atoms with Crippen LogP contribution in [0.2, 0.25) is 0 Å². The van der Waals surface area contributed by atoms with E-state index >= 15 is 0 Å². The Balaban J connectivity index is 1.88. The SMILES string of the molecule is CN(CCc1ccc(N=C(N)C(F)(F)F)cc1)Cc1ccccc1. The zero-order valence-corrected chi connectivity index (χ0v) is 13.4. The molecule has 0 amide bonds. The van der Waals surface area contributed by atoms with Crippen molar-refractivity contribution in [3.63, 3.8) is 0 Å². The number of nitrogens with two attached hydrogens (primary N) is 1. The fourth-order valence-corrected chi connectivity index (χ4v) is 2.23. The van der Waals surface area contributed by atoms with Crippen LogP contribution in [0, 0.1) is 0 Å². The van der Waals surface area contributed by atoms with Crippen molar-refractivity contribution in [3.8, 4) is 0 Å². The van der Waals surface area contributed by atoms with Crippen LogP contribution < -0.4 is 5.73 Å². The molecule has 0 unspecified atom stereocenters. The van der Waals surface area contributed by atoms with Crippen molar-refractivity contribution in [2.24, 2.45) is 10.7 Å². The second-order valence-electron chi connectivity index (χ2n) is 5.63.